The molecule has 6 aromatic rings. The van der Waals surface area contributed by atoms with Gasteiger partial charge < -0.3 is 19.0 Å². The Balaban J connectivity index is 0.000000268. The summed E-state index contributed by atoms with van der Waals surface area (Å²) in [6, 6.07) is 9.95. The third-order valence-corrected chi connectivity index (χ3v) is 11.6. The molecule has 378 valence electrons. The quantitative estimate of drug-likeness (QED) is 0.0865. The number of benzene rings is 2. The molecule has 70 heavy (non-hydrogen) atoms. The second kappa shape index (κ2) is 21.2. The van der Waals surface area contributed by atoms with Crippen molar-refractivity contribution in [2.45, 2.75) is 78.9 Å². The number of nitrogens with one attached hydrogen (secondary N) is 1. The number of esters is 2. The fourth-order valence-corrected chi connectivity index (χ4v) is 7.55. The molecular weight excluding hydrogens is 1040 g/mol. The molecule has 0 aliphatic heterocycles. The van der Waals surface area contributed by atoms with Crippen LogP contribution in [0.1, 0.15) is 117 Å². The van der Waals surface area contributed by atoms with Gasteiger partial charge in [-0.1, -0.05) is 46.4 Å². The van der Waals surface area contributed by atoms with Crippen molar-refractivity contribution >= 4 is 102 Å². The average molecular weight is 1090 g/mol. The first kappa shape index (κ1) is 57.3. The van der Waals surface area contributed by atoms with Crippen molar-refractivity contribution in [2.75, 3.05) is 14.2 Å². The highest BCUT2D eigenvalue weighted by Crippen LogP contribution is 2.37. The molecule has 4 heterocycles. The number of hydrogen-bond donors (Lipinski definition) is 1. The highest BCUT2D eigenvalue weighted by atomic mass is 35.5. The van der Waals surface area contributed by atoms with Gasteiger partial charge in [0.1, 0.15) is 33.9 Å². The minimum Gasteiger partial charge on any atom is -0.456 e. The number of aromatic nitrogens is 4. The monoisotopic (exact) mass is 1080 g/mol. The third-order valence-electron chi connectivity index (χ3n) is 9.35. The van der Waals surface area contributed by atoms with E-state index in [0.29, 0.717) is 16.3 Å². The maximum absolute atomic E-state index is 13.3. The summed E-state index contributed by atoms with van der Waals surface area (Å²) in [5.74, 6) is -2.85. The van der Waals surface area contributed by atoms with Crippen LogP contribution in [0.15, 0.2) is 48.5 Å². The van der Waals surface area contributed by atoms with E-state index in [2.05, 4.69) is 23.3 Å². The van der Waals surface area contributed by atoms with Gasteiger partial charge in [-0.15, -0.1) is 0 Å². The lowest BCUT2D eigenvalue weighted by molar-refractivity contribution is -0.141. The molecule has 0 amide bonds. The van der Waals surface area contributed by atoms with Crippen molar-refractivity contribution in [1.82, 2.24) is 19.5 Å². The van der Waals surface area contributed by atoms with Crippen molar-refractivity contribution in [1.29, 1.82) is 0 Å². The number of hydrogen-bond acceptors (Lipinski definition) is 12. The standard InChI is InChI=1S/C22H19Cl2F3N2O3.C21H17Cl2F3N2O3.C2H6O4S/c1-10-8-15(22(25,26)27)28-19-12(10)9-14(29(19)5)18(30)16-13(23)7-6-11(17(16)24)20(31)32-21(2,3)4;1-9-7-14(21(24,25)26)28-18-11(9)8-13(27-18)17(29)15-12(22)6-5-10(16(15)23)19(30)31-20(2,3)4;1-5-7(3,4)6-2/h6-9H,1-5H3;5-8H,1-4H3,(H,27,28);1-2H3. The molecule has 4 aromatic heterocycles. The van der Waals surface area contributed by atoms with Gasteiger partial charge in [0, 0.05) is 17.8 Å². The predicted octanol–water partition coefficient (Wildman–Crippen LogP) is 12.3. The van der Waals surface area contributed by atoms with E-state index in [1.54, 1.807) is 41.5 Å². The Kier molecular flexibility index (Phi) is 17.4. The Morgan fingerprint density at radius 2 is 1.04 bits per heavy atom. The summed E-state index contributed by atoms with van der Waals surface area (Å²) in [7, 11) is -0.186. The number of ketones is 2. The van der Waals surface area contributed by atoms with Crippen molar-refractivity contribution in [3.8, 4) is 0 Å². The Hall–Kier alpha value is -5.29. The number of nitrogens with zero attached hydrogens (tertiary/aromatic N) is 3. The van der Waals surface area contributed by atoms with E-state index in [1.807, 2.05) is 0 Å². The Bertz CT molecular complexity index is 3150. The lowest BCUT2D eigenvalue weighted by Crippen LogP contribution is -2.24. The number of aromatic amines is 1. The number of ether oxygens (including phenoxy) is 2. The molecule has 0 aliphatic rings. The maximum atomic E-state index is 13.3. The van der Waals surface area contributed by atoms with E-state index in [9.17, 15) is 53.9 Å². The molecule has 0 saturated carbocycles. The smallest absolute Gasteiger partial charge is 0.433 e. The molecular formula is C45H42Cl4F6N4O10S. The maximum Gasteiger partial charge on any atom is 0.433 e. The lowest BCUT2D eigenvalue weighted by atomic mass is 10.0. The first-order valence-electron chi connectivity index (χ1n) is 19.9. The summed E-state index contributed by atoms with van der Waals surface area (Å²) in [6.07, 6.45) is -9.27. The van der Waals surface area contributed by atoms with Gasteiger partial charge in [0.25, 0.3) is 0 Å². The van der Waals surface area contributed by atoms with Gasteiger partial charge >= 0.3 is 34.7 Å². The molecule has 0 saturated heterocycles. The zero-order valence-electron chi connectivity index (χ0n) is 38.7. The van der Waals surface area contributed by atoms with Crippen LogP contribution >= 0.6 is 46.4 Å². The van der Waals surface area contributed by atoms with E-state index in [4.69, 9.17) is 55.9 Å². The number of fused-ring (bicyclic) bond motifs is 2. The molecule has 0 fully saturated rings. The highest BCUT2D eigenvalue weighted by molar-refractivity contribution is 7.81. The van der Waals surface area contributed by atoms with Crippen molar-refractivity contribution in [2.24, 2.45) is 7.05 Å². The van der Waals surface area contributed by atoms with Crippen LogP contribution in [0, 0.1) is 13.8 Å². The normalized spacial score (nSPS) is 12.2. The number of carbonyl (C=O) groups excluding carboxylic acids is 4. The SMILES string of the molecule is COS(=O)(=O)OC.Cc1cc(C(F)(F)F)nc2[nH]c(C(=O)c3c(Cl)ccc(C(=O)OC(C)(C)C)c3Cl)cc12.Cc1cc(C(F)(F)F)nc2c1cc(C(=O)c1c(Cl)ccc(C(=O)OC(C)(C)C)c1Cl)n2C. The fraction of sp³-hybridized carbons (Fsp3) is 0.333. The van der Waals surface area contributed by atoms with Crippen LogP contribution in [0.4, 0.5) is 26.3 Å². The molecule has 0 radical (unpaired) electrons. The summed E-state index contributed by atoms with van der Waals surface area (Å²) in [6.45, 7) is 13.0. The summed E-state index contributed by atoms with van der Waals surface area (Å²) >= 11 is 25.1. The molecule has 0 aliphatic carbocycles. The van der Waals surface area contributed by atoms with Gasteiger partial charge in [-0.2, -0.15) is 34.8 Å². The van der Waals surface area contributed by atoms with Crippen molar-refractivity contribution < 1.29 is 71.8 Å². The zero-order valence-corrected chi connectivity index (χ0v) is 42.6. The molecule has 25 heteroatoms. The Morgan fingerprint density at radius 1 is 0.629 bits per heavy atom. The molecule has 0 spiro atoms. The van der Waals surface area contributed by atoms with E-state index in [1.165, 1.54) is 61.9 Å². The van der Waals surface area contributed by atoms with Gasteiger partial charge in [-0.3, -0.25) is 18.0 Å². The van der Waals surface area contributed by atoms with Crippen LogP contribution in [0.25, 0.3) is 22.1 Å². The number of rotatable bonds is 8. The second-order valence-corrected chi connectivity index (χ2v) is 19.9. The van der Waals surface area contributed by atoms with Crippen LogP contribution in [-0.2, 0) is 47.6 Å². The van der Waals surface area contributed by atoms with Gasteiger partial charge in [-0.25, -0.2) is 19.6 Å². The third kappa shape index (κ3) is 13.6. The number of pyridine rings is 2. The minimum absolute atomic E-state index is 0.0139. The largest absolute Gasteiger partial charge is 0.456 e. The first-order valence-corrected chi connectivity index (χ1v) is 22.8. The van der Waals surface area contributed by atoms with Crippen LogP contribution < -0.4 is 0 Å². The number of alkyl halides is 6. The summed E-state index contributed by atoms with van der Waals surface area (Å²) in [5, 5.41) is 0.250. The Morgan fingerprint density at radius 3 is 1.44 bits per heavy atom. The summed E-state index contributed by atoms with van der Waals surface area (Å²) in [5.41, 5.74) is -3.77. The first-order chi connectivity index (χ1) is 31.9. The summed E-state index contributed by atoms with van der Waals surface area (Å²) < 4.78 is 118. The number of H-pyrrole nitrogens is 1. The zero-order chi connectivity index (χ0) is 53.4. The van der Waals surface area contributed by atoms with Crippen LogP contribution in [0.3, 0.4) is 0 Å². The van der Waals surface area contributed by atoms with E-state index in [0.717, 1.165) is 26.4 Å². The van der Waals surface area contributed by atoms with Crippen LogP contribution in [-0.4, -0.2) is 76.9 Å². The molecule has 0 bridgehead atoms. The van der Waals surface area contributed by atoms with Crippen molar-refractivity contribution in [3.63, 3.8) is 0 Å². The van der Waals surface area contributed by atoms with Crippen LogP contribution in [0.5, 0.6) is 0 Å². The molecule has 0 unspecified atom stereocenters. The molecule has 14 nitrogen and oxygen atoms in total. The van der Waals surface area contributed by atoms with Crippen LogP contribution in [0.2, 0.25) is 20.1 Å². The van der Waals surface area contributed by atoms with Gasteiger partial charge in [0.2, 0.25) is 11.6 Å². The Labute approximate surface area is 416 Å². The average Bonchev–Trinajstić information content (AvgIpc) is 3.81. The lowest BCUT2D eigenvalue weighted by Gasteiger charge is -2.20. The fourth-order valence-electron chi connectivity index (χ4n) is 6.18. The highest BCUT2D eigenvalue weighted by Gasteiger charge is 2.36. The van der Waals surface area contributed by atoms with Gasteiger partial charge in [0.05, 0.1) is 68.0 Å². The number of carbonyl (C=O) groups is 4. The number of halogens is 10. The van der Waals surface area contributed by atoms with E-state index in [-0.39, 0.29) is 70.6 Å². The predicted molar refractivity (Wildman–Crippen MR) is 249 cm³/mol. The van der Waals surface area contributed by atoms with E-state index < -0.39 is 68.8 Å². The molecule has 1 N–H and O–H groups in total. The van der Waals surface area contributed by atoms with Gasteiger partial charge in [0.15, 0.2) is 0 Å². The van der Waals surface area contributed by atoms with Crippen molar-refractivity contribution in [3.05, 3.63) is 125 Å². The second-order valence-electron chi connectivity index (χ2n) is 16.9. The summed E-state index contributed by atoms with van der Waals surface area (Å²) in [4.78, 5) is 61.2. The van der Waals surface area contributed by atoms with Gasteiger partial charge in [-0.05, 0) is 115 Å². The molecule has 6 rings (SSSR count). The minimum atomic E-state index is -4.64. The molecule has 0 atom stereocenters. The number of aryl methyl sites for hydroxylation is 3. The molecule has 2 aromatic carbocycles. The topological polar surface area (TPSA) is 186 Å². The van der Waals surface area contributed by atoms with E-state index >= 15 is 0 Å².